The lowest BCUT2D eigenvalue weighted by atomic mass is 10.1. The number of amides is 2. The van der Waals surface area contributed by atoms with Gasteiger partial charge in [-0.05, 0) is 50.2 Å². The van der Waals surface area contributed by atoms with Crippen LogP contribution in [0.4, 0.5) is 10.5 Å². The van der Waals surface area contributed by atoms with E-state index in [1.54, 1.807) is 30.2 Å². The maximum absolute atomic E-state index is 13.5. The maximum atomic E-state index is 13.5. The van der Waals surface area contributed by atoms with E-state index in [1.165, 1.54) is 0 Å². The number of H-pyrrole nitrogens is 1. The predicted octanol–water partition coefficient (Wildman–Crippen LogP) is 3.83. The highest BCUT2D eigenvalue weighted by molar-refractivity contribution is 5.91. The summed E-state index contributed by atoms with van der Waals surface area (Å²) >= 11 is 0. The number of aromatic nitrogens is 1. The Hall–Kier alpha value is -3.72. The van der Waals surface area contributed by atoms with Crippen LogP contribution in [0.2, 0.25) is 0 Å². The van der Waals surface area contributed by atoms with Gasteiger partial charge in [0.2, 0.25) is 0 Å². The quantitative estimate of drug-likeness (QED) is 0.521. The molecular formula is C27H32N4O5. The van der Waals surface area contributed by atoms with Crippen LogP contribution in [0.1, 0.15) is 25.3 Å². The van der Waals surface area contributed by atoms with Crippen LogP contribution in [0, 0.1) is 0 Å². The van der Waals surface area contributed by atoms with Crippen molar-refractivity contribution in [3.63, 3.8) is 0 Å². The highest BCUT2D eigenvalue weighted by atomic mass is 16.6. The average Bonchev–Trinajstić information content (AvgIpc) is 3.35. The van der Waals surface area contributed by atoms with Crippen molar-refractivity contribution in [2.75, 3.05) is 45.3 Å². The summed E-state index contributed by atoms with van der Waals surface area (Å²) in [6.45, 7) is 5.75. The summed E-state index contributed by atoms with van der Waals surface area (Å²) in [5.74, 6) is 1.86. The molecule has 36 heavy (non-hydrogen) atoms. The van der Waals surface area contributed by atoms with E-state index in [1.807, 2.05) is 24.3 Å². The Labute approximate surface area is 209 Å². The van der Waals surface area contributed by atoms with Crippen LogP contribution in [0.5, 0.6) is 17.2 Å². The highest BCUT2D eigenvalue weighted by Crippen LogP contribution is 2.34. The first-order valence-electron chi connectivity index (χ1n) is 12.4. The lowest BCUT2D eigenvalue weighted by Gasteiger charge is -2.30. The molecule has 1 fully saturated rings. The van der Waals surface area contributed by atoms with Crippen molar-refractivity contribution >= 4 is 22.6 Å². The van der Waals surface area contributed by atoms with Crippen LogP contribution in [-0.4, -0.2) is 66.8 Å². The molecule has 2 aromatic carbocycles. The summed E-state index contributed by atoms with van der Waals surface area (Å²) in [5, 5.41) is 3.81. The van der Waals surface area contributed by atoms with Crippen molar-refractivity contribution in [3.05, 3.63) is 58.4 Å². The van der Waals surface area contributed by atoms with Gasteiger partial charge < -0.3 is 29.4 Å². The number of methoxy groups -OCH3 is 1. The maximum Gasteiger partial charge on any atom is 0.322 e. The number of carbonyl (C=O) groups excluding carboxylic acids is 1. The molecule has 0 aliphatic carbocycles. The van der Waals surface area contributed by atoms with E-state index >= 15 is 0 Å². The van der Waals surface area contributed by atoms with Gasteiger partial charge in [-0.2, -0.15) is 0 Å². The Balaban J connectivity index is 1.45. The number of likely N-dealkylation sites (tertiary alicyclic amines) is 1. The number of nitrogens with one attached hydrogen (secondary N) is 2. The number of para-hydroxylation sites is 2. The van der Waals surface area contributed by atoms with Crippen molar-refractivity contribution in [1.82, 2.24) is 14.8 Å². The molecule has 0 saturated carbocycles. The Morgan fingerprint density at radius 2 is 1.97 bits per heavy atom. The van der Waals surface area contributed by atoms with Gasteiger partial charge in [0.1, 0.15) is 19.0 Å². The summed E-state index contributed by atoms with van der Waals surface area (Å²) < 4.78 is 16.8. The van der Waals surface area contributed by atoms with Gasteiger partial charge >= 0.3 is 6.03 Å². The van der Waals surface area contributed by atoms with Gasteiger partial charge in [0.25, 0.3) is 5.56 Å². The molecule has 1 saturated heterocycles. The van der Waals surface area contributed by atoms with E-state index in [2.05, 4.69) is 22.1 Å². The third kappa shape index (κ3) is 4.97. The Morgan fingerprint density at radius 3 is 2.75 bits per heavy atom. The first-order valence-corrected chi connectivity index (χ1v) is 12.4. The smallest absolute Gasteiger partial charge is 0.322 e. The summed E-state index contributed by atoms with van der Waals surface area (Å²) in [7, 11) is 1.57. The number of ether oxygens (including phenoxy) is 3. The lowest BCUT2D eigenvalue weighted by molar-refractivity contribution is 0.172. The molecule has 0 radical (unpaired) electrons. The molecule has 2 aliphatic rings. The van der Waals surface area contributed by atoms with Gasteiger partial charge in [-0.25, -0.2) is 4.79 Å². The molecule has 1 atom stereocenters. The van der Waals surface area contributed by atoms with Gasteiger partial charge in [-0.15, -0.1) is 0 Å². The molecule has 9 nitrogen and oxygen atoms in total. The first kappa shape index (κ1) is 24.0. The Bertz CT molecular complexity index is 1310. The number of aromatic amines is 1. The zero-order valence-electron chi connectivity index (χ0n) is 20.7. The van der Waals surface area contributed by atoms with Crippen LogP contribution in [0.3, 0.4) is 0 Å². The molecule has 9 heteroatoms. The molecule has 2 aliphatic heterocycles. The van der Waals surface area contributed by atoms with Crippen molar-refractivity contribution in [1.29, 1.82) is 0 Å². The largest absolute Gasteiger partial charge is 0.495 e. The zero-order chi connectivity index (χ0) is 25.1. The van der Waals surface area contributed by atoms with Crippen LogP contribution in [-0.2, 0) is 6.54 Å². The van der Waals surface area contributed by atoms with Crippen molar-refractivity contribution in [2.45, 2.75) is 32.4 Å². The first-order chi connectivity index (χ1) is 17.6. The van der Waals surface area contributed by atoms with E-state index in [0.717, 1.165) is 31.3 Å². The van der Waals surface area contributed by atoms with Gasteiger partial charge in [0, 0.05) is 29.6 Å². The Kier molecular flexibility index (Phi) is 6.99. The molecule has 0 bridgehead atoms. The second kappa shape index (κ2) is 10.5. The third-order valence-electron chi connectivity index (χ3n) is 6.92. The van der Waals surface area contributed by atoms with Gasteiger partial charge in [0.05, 0.1) is 24.9 Å². The number of hydrogen-bond donors (Lipinski definition) is 2. The van der Waals surface area contributed by atoms with Gasteiger partial charge in [0.15, 0.2) is 11.5 Å². The van der Waals surface area contributed by atoms with Crippen LogP contribution in [0.15, 0.2) is 47.3 Å². The highest BCUT2D eigenvalue weighted by Gasteiger charge is 2.28. The lowest BCUT2D eigenvalue weighted by Crippen LogP contribution is -2.45. The van der Waals surface area contributed by atoms with Crippen molar-refractivity contribution in [3.8, 4) is 17.2 Å². The fourth-order valence-electron chi connectivity index (χ4n) is 5.05. The van der Waals surface area contributed by atoms with Gasteiger partial charge in [-0.1, -0.05) is 19.1 Å². The number of fused-ring (bicyclic) bond motifs is 2. The second-order valence-corrected chi connectivity index (χ2v) is 9.14. The number of likely N-dealkylation sites (N-methyl/N-ethyl adjacent to an activating group) is 1. The Morgan fingerprint density at radius 1 is 1.19 bits per heavy atom. The van der Waals surface area contributed by atoms with Gasteiger partial charge in [-0.3, -0.25) is 9.69 Å². The number of hydrogen-bond acceptors (Lipinski definition) is 6. The van der Waals surface area contributed by atoms with Crippen LogP contribution >= 0.6 is 0 Å². The fraction of sp³-hybridized carbons (Fsp3) is 0.407. The zero-order valence-corrected chi connectivity index (χ0v) is 20.7. The van der Waals surface area contributed by atoms with E-state index in [9.17, 15) is 9.59 Å². The fourth-order valence-corrected chi connectivity index (χ4v) is 5.05. The topological polar surface area (TPSA) is 96.1 Å². The molecule has 3 aromatic rings. The summed E-state index contributed by atoms with van der Waals surface area (Å²) in [4.78, 5) is 33.6. The molecule has 0 spiro atoms. The average molecular weight is 493 g/mol. The van der Waals surface area contributed by atoms with E-state index in [-0.39, 0.29) is 24.2 Å². The van der Waals surface area contributed by atoms with Crippen LogP contribution < -0.4 is 25.1 Å². The number of pyridine rings is 1. The number of nitrogens with zero attached hydrogens (tertiary/aromatic N) is 2. The molecule has 5 rings (SSSR count). The monoisotopic (exact) mass is 492 g/mol. The number of anilines is 1. The molecule has 2 amide bonds. The summed E-state index contributed by atoms with van der Waals surface area (Å²) in [6.07, 6.45) is 2.12. The second-order valence-electron chi connectivity index (χ2n) is 9.14. The molecule has 3 heterocycles. The van der Waals surface area contributed by atoms with E-state index < -0.39 is 0 Å². The third-order valence-corrected chi connectivity index (χ3v) is 6.92. The van der Waals surface area contributed by atoms with E-state index in [4.69, 9.17) is 14.2 Å². The summed E-state index contributed by atoms with van der Waals surface area (Å²) in [6, 6.07) is 12.8. The molecule has 0 unspecified atom stereocenters. The number of benzene rings is 2. The summed E-state index contributed by atoms with van der Waals surface area (Å²) in [5.41, 5.74) is 1.54. The van der Waals surface area contributed by atoms with E-state index in [0.29, 0.717) is 53.8 Å². The van der Waals surface area contributed by atoms with Crippen molar-refractivity contribution < 1.29 is 19.0 Å². The van der Waals surface area contributed by atoms with Crippen LogP contribution in [0.25, 0.3) is 10.9 Å². The molecule has 190 valence electrons. The predicted molar refractivity (Wildman–Crippen MR) is 138 cm³/mol. The molecule has 2 N–H and O–H groups in total. The normalized spacial score (nSPS) is 17.2. The number of urea groups is 1. The SMILES string of the molecule is CCN1CCC[C@@H]1CN(Cc1cc2cc3c(cc2[nH]c1=O)OCCO3)C(=O)Nc1ccccc1OC. The molecular weight excluding hydrogens is 460 g/mol. The number of rotatable bonds is 7. The minimum absolute atomic E-state index is 0.175. The minimum atomic E-state index is -0.274. The minimum Gasteiger partial charge on any atom is -0.495 e. The van der Waals surface area contributed by atoms with Crippen molar-refractivity contribution in [2.24, 2.45) is 0 Å². The standard InChI is InChI=1S/C27H32N4O5/c1-3-30-10-6-7-20(30)17-31(27(33)29-21-8-4-5-9-23(21)34-2)16-19-13-18-14-24-25(36-12-11-35-24)15-22(18)28-26(19)32/h4-5,8-9,13-15,20H,3,6-7,10-12,16-17H2,1-2H3,(H,28,32)(H,29,33)/t20-/m1/s1. The number of carbonyl (C=O) groups is 1. The molecule has 1 aromatic heterocycles.